The van der Waals surface area contributed by atoms with Crippen molar-refractivity contribution in [3.8, 4) is 0 Å². The van der Waals surface area contributed by atoms with Crippen LogP contribution in [0, 0.1) is 6.92 Å². The van der Waals surface area contributed by atoms with Gasteiger partial charge in [0.1, 0.15) is 5.15 Å². The Kier molecular flexibility index (Phi) is 3.33. The minimum Gasteiger partial charge on any atom is -0.315 e. The molecule has 2 heterocycles. The van der Waals surface area contributed by atoms with E-state index in [9.17, 15) is 4.21 Å². The van der Waals surface area contributed by atoms with Crippen LogP contribution in [0.3, 0.4) is 0 Å². The Morgan fingerprint density at radius 3 is 3.00 bits per heavy atom. The summed E-state index contributed by atoms with van der Waals surface area (Å²) in [5, 5.41) is 4.00. The summed E-state index contributed by atoms with van der Waals surface area (Å²) in [7, 11) is -1.15. The number of nitrogens with zero attached hydrogens (tertiary/aromatic N) is 2. The fraction of sp³-hybridized carbons (Fsp3) is 0.556. The Bertz CT molecular complexity index is 373. The zero-order valence-electron chi connectivity index (χ0n) is 8.36. The summed E-state index contributed by atoms with van der Waals surface area (Å²) in [5.74, 6) is 0. The van der Waals surface area contributed by atoms with Gasteiger partial charge in [0.05, 0.1) is 16.0 Å². The van der Waals surface area contributed by atoms with Gasteiger partial charge in [-0.3, -0.25) is 4.21 Å². The zero-order valence-corrected chi connectivity index (χ0v) is 9.94. The van der Waals surface area contributed by atoms with Crippen molar-refractivity contribution in [1.29, 1.82) is 0 Å². The largest absolute Gasteiger partial charge is 0.315 e. The van der Waals surface area contributed by atoms with Gasteiger partial charge in [0.2, 0.25) is 5.16 Å². The van der Waals surface area contributed by atoms with E-state index in [1.165, 1.54) is 0 Å². The molecule has 1 N–H and O–H groups in total. The molecule has 0 bridgehead atoms. The Morgan fingerprint density at radius 2 is 2.40 bits per heavy atom. The van der Waals surface area contributed by atoms with E-state index in [0.29, 0.717) is 10.3 Å². The maximum absolute atomic E-state index is 12.0. The van der Waals surface area contributed by atoms with Crippen LogP contribution in [0.2, 0.25) is 5.15 Å². The van der Waals surface area contributed by atoms with Crippen molar-refractivity contribution in [3.05, 3.63) is 16.9 Å². The molecule has 1 aliphatic heterocycles. The van der Waals surface area contributed by atoms with Crippen molar-refractivity contribution in [3.63, 3.8) is 0 Å². The SMILES string of the molecule is Cc1cc(Cl)nc([S@](=O)[C@@H]2CCNC2)n1. The standard InChI is InChI=1S/C9H12ClN3OS/c1-6-4-8(10)13-9(12-6)15(14)7-2-3-11-5-7/h4,7,11H,2-3,5H2,1H3/t7-,15-/m1/s1. The number of hydrogen-bond acceptors (Lipinski definition) is 4. The van der Waals surface area contributed by atoms with E-state index in [4.69, 9.17) is 11.6 Å². The summed E-state index contributed by atoms with van der Waals surface area (Å²) in [6.45, 7) is 3.50. The highest BCUT2D eigenvalue weighted by Crippen LogP contribution is 2.15. The molecule has 15 heavy (non-hydrogen) atoms. The highest BCUT2D eigenvalue weighted by Gasteiger charge is 2.24. The molecule has 0 amide bonds. The van der Waals surface area contributed by atoms with Crippen LogP contribution in [0.25, 0.3) is 0 Å². The molecule has 6 heteroatoms. The van der Waals surface area contributed by atoms with Gasteiger partial charge in [-0.25, -0.2) is 9.97 Å². The lowest BCUT2D eigenvalue weighted by atomic mass is 10.4. The van der Waals surface area contributed by atoms with Crippen LogP contribution in [0.5, 0.6) is 0 Å². The molecular weight excluding hydrogens is 234 g/mol. The van der Waals surface area contributed by atoms with Crippen LogP contribution >= 0.6 is 11.6 Å². The van der Waals surface area contributed by atoms with E-state index in [0.717, 1.165) is 25.2 Å². The molecule has 0 radical (unpaired) electrons. The number of hydrogen-bond donors (Lipinski definition) is 1. The van der Waals surface area contributed by atoms with Crippen LogP contribution in [-0.4, -0.2) is 32.5 Å². The van der Waals surface area contributed by atoms with E-state index in [1.54, 1.807) is 6.07 Å². The maximum Gasteiger partial charge on any atom is 0.220 e. The quantitative estimate of drug-likeness (QED) is 0.622. The van der Waals surface area contributed by atoms with Crippen molar-refractivity contribution >= 4 is 22.4 Å². The Morgan fingerprint density at radius 1 is 1.60 bits per heavy atom. The van der Waals surface area contributed by atoms with Gasteiger partial charge in [0, 0.05) is 12.2 Å². The average Bonchev–Trinajstić information content (AvgIpc) is 2.67. The van der Waals surface area contributed by atoms with Crippen molar-refractivity contribution in [2.45, 2.75) is 23.8 Å². The van der Waals surface area contributed by atoms with Gasteiger partial charge in [-0.1, -0.05) is 11.6 Å². The minimum absolute atomic E-state index is 0.114. The van der Waals surface area contributed by atoms with E-state index in [1.807, 2.05) is 6.92 Å². The van der Waals surface area contributed by atoms with Gasteiger partial charge in [-0.2, -0.15) is 0 Å². The second kappa shape index (κ2) is 4.55. The molecule has 2 atom stereocenters. The summed E-state index contributed by atoms with van der Waals surface area (Å²) >= 11 is 5.80. The summed E-state index contributed by atoms with van der Waals surface area (Å²) in [6, 6.07) is 1.66. The van der Waals surface area contributed by atoms with E-state index in [-0.39, 0.29) is 5.25 Å². The van der Waals surface area contributed by atoms with Crippen LogP contribution in [-0.2, 0) is 10.8 Å². The Labute approximate surface area is 95.9 Å². The zero-order chi connectivity index (χ0) is 10.8. The van der Waals surface area contributed by atoms with E-state index in [2.05, 4.69) is 15.3 Å². The Hall–Kier alpha value is -0.520. The molecule has 1 fully saturated rings. The van der Waals surface area contributed by atoms with Crippen molar-refractivity contribution < 1.29 is 4.21 Å². The number of aryl methyl sites for hydroxylation is 1. The Balaban J connectivity index is 2.24. The molecule has 0 spiro atoms. The molecule has 82 valence electrons. The molecule has 1 saturated heterocycles. The van der Waals surface area contributed by atoms with Gasteiger partial charge < -0.3 is 5.32 Å². The molecule has 2 rings (SSSR count). The van der Waals surface area contributed by atoms with Gasteiger partial charge in [-0.15, -0.1) is 0 Å². The first-order valence-electron chi connectivity index (χ1n) is 4.79. The molecule has 1 aromatic heterocycles. The normalized spacial score (nSPS) is 22.9. The lowest BCUT2D eigenvalue weighted by Gasteiger charge is -2.07. The molecule has 0 saturated carbocycles. The lowest BCUT2D eigenvalue weighted by Crippen LogP contribution is -2.20. The second-order valence-electron chi connectivity index (χ2n) is 3.53. The van der Waals surface area contributed by atoms with Gasteiger partial charge in [0.15, 0.2) is 0 Å². The van der Waals surface area contributed by atoms with Crippen LogP contribution < -0.4 is 5.32 Å². The first-order valence-corrected chi connectivity index (χ1v) is 6.38. The smallest absolute Gasteiger partial charge is 0.220 e. The number of halogens is 1. The van der Waals surface area contributed by atoms with Crippen molar-refractivity contribution in [2.24, 2.45) is 0 Å². The predicted octanol–water partition coefficient (Wildman–Crippen LogP) is 0.908. The third-order valence-electron chi connectivity index (χ3n) is 2.30. The highest BCUT2D eigenvalue weighted by molar-refractivity contribution is 7.85. The highest BCUT2D eigenvalue weighted by atomic mass is 35.5. The molecule has 0 unspecified atom stereocenters. The fourth-order valence-electron chi connectivity index (χ4n) is 1.55. The van der Waals surface area contributed by atoms with Gasteiger partial charge >= 0.3 is 0 Å². The monoisotopic (exact) mass is 245 g/mol. The third kappa shape index (κ3) is 2.53. The molecule has 4 nitrogen and oxygen atoms in total. The molecule has 1 aromatic rings. The number of aromatic nitrogens is 2. The summed E-state index contributed by atoms with van der Waals surface area (Å²) in [6.07, 6.45) is 0.904. The third-order valence-corrected chi connectivity index (χ3v) is 4.04. The van der Waals surface area contributed by atoms with Gasteiger partial charge in [0.25, 0.3) is 0 Å². The maximum atomic E-state index is 12.0. The molecule has 1 aliphatic rings. The van der Waals surface area contributed by atoms with E-state index < -0.39 is 10.8 Å². The molecule has 0 aromatic carbocycles. The first-order chi connectivity index (χ1) is 7.16. The molecular formula is C9H12ClN3OS. The molecule has 0 aliphatic carbocycles. The fourth-order valence-corrected chi connectivity index (χ4v) is 3.16. The average molecular weight is 246 g/mol. The minimum atomic E-state index is -1.15. The van der Waals surface area contributed by atoms with Crippen LogP contribution in [0.1, 0.15) is 12.1 Å². The second-order valence-corrected chi connectivity index (χ2v) is 5.54. The van der Waals surface area contributed by atoms with Crippen molar-refractivity contribution in [1.82, 2.24) is 15.3 Å². The van der Waals surface area contributed by atoms with Crippen molar-refractivity contribution in [2.75, 3.05) is 13.1 Å². The van der Waals surface area contributed by atoms with Crippen LogP contribution in [0.15, 0.2) is 11.2 Å². The summed E-state index contributed by atoms with van der Waals surface area (Å²) < 4.78 is 12.0. The van der Waals surface area contributed by atoms with Gasteiger partial charge in [-0.05, 0) is 26.0 Å². The number of rotatable bonds is 2. The summed E-state index contributed by atoms with van der Waals surface area (Å²) in [5.41, 5.74) is 0.754. The van der Waals surface area contributed by atoms with Crippen LogP contribution in [0.4, 0.5) is 0 Å². The first kappa shape index (κ1) is 11.0. The lowest BCUT2D eigenvalue weighted by molar-refractivity contribution is 0.663. The van der Waals surface area contributed by atoms with E-state index >= 15 is 0 Å². The summed E-state index contributed by atoms with van der Waals surface area (Å²) in [4.78, 5) is 8.16. The topological polar surface area (TPSA) is 54.9 Å². The number of nitrogens with one attached hydrogen (secondary N) is 1. The predicted molar refractivity (Wildman–Crippen MR) is 59.5 cm³/mol.